The van der Waals surface area contributed by atoms with Crippen LogP contribution in [0.5, 0.6) is 0 Å². The number of para-hydroxylation sites is 2. The molecule has 8 heteroatoms. The number of nitrogens with one attached hydrogen (secondary N) is 1. The molecule has 76 valence electrons. The van der Waals surface area contributed by atoms with Gasteiger partial charge >= 0.3 is 0 Å². The van der Waals surface area contributed by atoms with Crippen LogP contribution in [0.2, 0.25) is 0 Å². The SMILES string of the molecule is OP(O)(=S)S.c1ccc2n[nH]nc2c1. The average molecular weight is 249 g/mol. The predicted molar refractivity (Wildman–Crippen MR) is 61.6 cm³/mol. The van der Waals surface area contributed by atoms with Gasteiger partial charge < -0.3 is 9.79 Å². The third-order valence-corrected chi connectivity index (χ3v) is 1.22. The summed E-state index contributed by atoms with van der Waals surface area (Å²) >= 11 is 7.07. The van der Waals surface area contributed by atoms with E-state index in [0.29, 0.717) is 0 Å². The molecule has 2 rings (SSSR count). The van der Waals surface area contributed by atoms with Crippen LogP contribution in [0.15, 0.2) is 24.3 Å². The number of nitrogens with zero attached hydrogens (tertiary/aromatic N) is 2. The van der Waals surface area contributed by atoms with E-state index in [2.05, 4.69) is 39.5 Å². The summed E-state index contributed by atoms with van der Waals surface area (Å²) in [7, 11) is 0. The lowest BCUT2D eigenvalue weighted by Gasteiger charge is -1.88. The number of hydrogen-bond donors (Lipinski definition) is 4. The first-order valence-corrected chi connectivity index (χ1v) is 7.36. The van der Waals surface area contributed by atoms with E-state index in [0.717, 1.165) is 11.0 Å². The van der Waals surface area contributed by atoms with Gasteiger partial charge in [0.25, 0.3) is 0 Å². The molecule has 1 heterocycles. The Balaban J connectivity index is 0.000000171. The highest BCUT2D eigenvalue weighted by Gasteiger charge is 1.91. The van der Waals surface area contributed by atoms with Gasteiger partial charge in [0, 0.05) is 0 Å². The van der Waals surface area contributed by atoms with Crippen LogP contribution in [-0.4, -0.2) is 25.2 Å². The van der Waals surface area contributed by atoms with Crippen molar-refractivity contribution < 1.29 is 9.79 Å². The Morgan fingerprint density at radius 3 is 1.93 bits per heavy atom. The molecule has 0 amide bonds. The highest BCUT2D eigenvalue weighted by molar-refractivity contribution is 8.59. The molecule has 0 spiro atoms. The lowest BCUT2D eigenvalue weighted by atomic mass is 10.3. The minimum Gasteiger partial charge on any atom is -0.338 e. The molecule has 0 bridgehead atoms. The summed E-state index contributed by atoms with van der Waals surface area (Å²) in [5, 5.41) is 10.3. The van der Waals surface area contributed by atoms with E-state index in [4.69, 9.17) is 9.79 Å². The molecule has 0 saturated heterocycles. The first-order valence-electron chi connectivity index (χ1n) is 3.50. The van der Waals surface area contributed by atoms with Crippen molar-refractivity contribution in [3.05, 3.63) is 24.3 Å². The highest BCUT2D eigenvalue weighted by Crippen LogP contribution is 2.39. The number of fused-ring (bicyclic) bond motifs is 1. The molecule has 2 aromatic rings. The van der Waals surface area contributed by atoms with Crippen LogP contribution in [0.25, 0.3) is 11.0 Å². The van der Waals surface area contributed by atoms with E-state index in [-0.39, 0.29) is 0 Å². The first-order chi connectivity index (χ1) is 6.47. The second-order valence-electron chi connectivity index (χ2n) is 2.33. The third kappa shape index (κ3) is 4.69. The number of rotatable bonds is 0. The number of hydrogen-bond acceptors (Lipinski definition) is 3. The molecule has 0 aliphatic heterocycles. The zero-order valence-electron chi connectivity index (χ0n) is 6.90. The maximum Gasteiger partial charge on any atom is 0.239 e. The van der Waals surface area contributed by atoms with Gasteiger partial charge in [0.1, 0.15) is 11.0 Å². The molecule has 0 unspecified atom stereocenters. The summed E-state index contributed by atoms with van der Waals surface area (Å²) in [6.45, 7) is 0. The van der Waals surface area contributed by atoms with Crippen molar-refractivity contribution in [2.45, 2.75) is 0 Å². The number of aromatic amines is 1. The van der Waals surface area contributed by atoms with E-state index in [1.807, 2.05) is 24.3 Å². The number of aromatic nitrogens is 3. The van der Waals surface area contributed by atoms with Crippen molar-refractivity contribution in [2.24, 2.45) is 0 Å². The summed E-state index contributed by atoms with van der Waals surface area (Å²) in [5.74, 6) is 0. The van der Waals surface area contributed by atoms with Crippen LogP contribution in [0, 0.1) is 0 Å². The molecule has 0 radical (unpaired) electrons. The first kappa shape index (κ1) is 11.6. The predicted octanol–water partition coefficient (Wildman–Crippen LogP) is 1.08. The van der Waals surface area contributed by atoms with E-state index in [1.165, 1.54) is 0 Å². The van der Waals surface area contributed by atoms with Crippen molar-refractivity contribution in [1.82, 2.24) is 15.4 Å². The van der Waals surface area contributed by atoms with Gasteiger partial charge in [-0.1, -0.05) is 24.4 Å². The summed E-state index contributed by atoms with van der Waals surface area (Å²) in [6.07, 6.45) is 0. The van der Waals surface area contributed by atoms with Crippen LogP contribution in [0.1, 0.15) is 0 Å². The Bertz CT molecular complexity index is 417. The monoisotopic (exact) mass is 249 g/mol. The third-order valence-electron chi connectivity index (χ3n) is 1.22. The van der Waals surface area contributed by atoms with Crippen molar-refractivity contribution in [3.8, 4) is 0 Å². The van der Waals surface area contributed by atoms with Crippen molar-refractivity contribution in [3.63, 3.8) is 0 Å². The quantitative estimate of drug-likeness (QED) is 0.415. The Labute approximate surface area is 90.5 Å². The minimum atomic E-state index is -3.11. The van der Waals surface area contributed by atoms with Crippen LogP contribution in [-0.2, 0) is 11.8 Å². The van der Waals surface area contributed by atoms with Gasteiger partial charge in [-0.2, -0.15) is 15.4 Å². The Morgan fingerprint density at radius 1 is 1.21 bits per heavy atom. The molecule has 0 aliphatic carbocycles. The van der Waals surface area contributed by atoms with Crippen molar-refractivity contribution in [1.29, 1.82) is 0 Å². The van der Waals surface area contributed by atoms with Gasteiger partial charge in [-0.05, 0) is 23.9 Å². The Hall–Kier alpha value is -0.460. The molecule has 3 N–H and O–H groups in total. The van der Waals surface area contributed by atoms with Gasteiger partial charge in [0.15, 0.2) is 0 Å². The van der Waals surface area contributed by atoms with Gasteiger partial charge in [-0.3, -0.25) is 0 Å². The maximum absolute atomic E-state index is 7.87. The normalized spacial score (nSPS) is 10.8. The summed E-state index contributed by atoms with van der Waals surface area (Å²) in [6, 6.07) is 7.70. The minimum absolute atomic E-state index is 0.914. The molecule has 5 nitrogen and oxygen atoms in total. The van der Waals surface area contributed by atoms with Gasteiger partial charge in [0.2, 0.25) is 5.69 Å². The Morgan fingerprint density at radius 2 is 1.57 bits per heavy atom. The fraction of sp³-hybridized carbons (Fsp3) is 0. The highest BCUT2D eigenvalue weighted by atomic mass is 32.9. The average Bonchev–Trinajstić information content (AvgIpc) is 2.47. The summed E-state index contributed by atoms with van der Waals surface area (Å²) in [5.41, 5.74) is -1.28. The van der Waals surface area contributed by atoms with Gasteiger partial charge in [0.05, 0.1) is 0 Å². The van der Waals surface area contributed by atoms with Crippen LogP contribution >= 0.6 is 17.9 Å². The number of H-pyrrole nitrogens is 1. The van der Waals surface area contributed by atoms with Crippen LogP contribution in [0.3, 0.4) is 0 Å². The fourth-order valence-electron chi connectivity index (χ4n) is 0.786. The molecule has 0 fully saturated rings. The lowest BCUT2D eigenvalue weighted by molar-refractivity contribution is 0.503. The largest absolute Gasteiger partial charge is 0.338 e. The maximum atomic E-state index is 7.87. The molecular formula is C6H8N3O2PS2. The molecule has 14 heavy (non-hydrogen) atoms. The summed E-state index contributed by atoms with van der Waals surface area (Å²) < 4.78 is 0. The zero-order chi connectivity index (χ0) is 10.6. The fourth-order valence-corrected chi connectivity index (χ4v) is 0.786. The molecular weight excluding hydrogens is 241 g/mol. The second kappa shape index (κ2) is 4.86. The van der Waals surface area contributed by atoms with E-state index < -0.39 is 5.69 Å². The second-order valence-corrected chi connectivity index (χ2v) is 7.36. The van der Waals surface area contributed by atoms with Crippen LogP contribution < -0.4 is 0 Å². The molecule has 0 aliphatic rings. The van der Waals surface area contributed by atoms with E-state index in [9.17, 15) is 0 Å². The number of benzene rings is 1. The topological polar surface area (TPSA) is 82.0 Å². The van der Waals surface area contributed by atoms with E-state index in [1.54, 1.807) is 0 Å². The van der Waals surface area contributed by atoms with Gasteiger partial charge in [-0.15, -0.1) is 0 Å². The number of thiol groups is 1. The molecule has 0 atom stereocenters. The van der Waals surface area contributed by atoms with Crippen molar-refractivity contribution in [2.75, 3.05) is 0 Å². The standard InChI is InChI=1S/C6H5N3.H3O2PS2/c1-2-4-6-5(3-1)7-9-8-6;1-3(2,4)5/h1-4H,(H,7,8,9);(H3,1,2,4,5). The lowest BCUT2D eigenvalue weighted by Crippen LogP contribution is -1.63. The molecule has 1 aromatic heterocycles. The van der Waals surface area contributed by atoms with Crippen LogP contribution in [0.4, 0.5) is 0 Å². The Kier molecular flexibility index (Phi) is 4.03. The van der Waals surface area contributed by atoms with E-state index >= 15 is 0 Å². The summed E-state index contributed by atoms with van der Waals surface area (Å²) in [4.78, 5) is 15.7. The van der Waals surface area contributed by atoms with Gasteiger partial charge in [-0.25, -0.2) is 0 Å². The smallest absolute Gasteiger partial charge is 0.239 e. The molecule has 1 aromatic carbocycles. The molecule has 0 saturated carbocycles. The zero-order valence-corrected chi connectivity index (χ0v) is 9.51. The van der Waals surface area contributed by atoms with Crippen molar-refractivity contribution >= 4 is 40.8 Å².